The van der Waals surface area contributed by atoms with Crippen molar-refractivity contribution in [3.63, 3.8) is 0 Å². The molecule has 0 aliphatic rings. The first kappa shape index (κ1) is 12.3. The molecule has 0 atom stereocenters. The zero-order valence-corrected chi connectivity index (χ0v) is 10.6. The monoisotopic (exact) mass is 275 g/mol. The molecule has 0 saturated carbocycles. The van der Waals surface area contributed by atoms with Crippen LogP contribution < -0.4 is 5.73 Å². The van der Waals surface area contributed by atoms with Crippen LogP contribution in [0.1, 0.15) is 0 Å². The Kier molecular flexibility index (Phi) is 2.74. The van der Waals surface area contributed by atoms with Crippen molar-refractivity contribution >= 4 is 5.82 Å². The van der Waals surface area contributed by atoms with Crippen molar-refractivity contribution in [1.82, 2.24) is 20.0 Å². The quantitative estimate of drug-likeness (QED) is 0.754. The molecule has 0 aliphatic carbocycles. The molecule has 2 heterocycles. The summed E-state index contributed by atoms with van der Waals surface area (Å²) in [5.74, 6) is -1.21. The molecule has 3 N–H and O–H groups in total. The van der Waals surface area contributed by atoms with E-state index in [2.05, 4.69) is 15.3 Å². The van der Waals surface area contributed by atoms with Crippen LogP contribution in [0.25, 0.3) is 22.5 Å². The largest absolute Gasteiger partial charge is 0.382 e. The number of hydrogen-bond acceptors (Lipinski definition) is 3. The Hall–Kier alpha value is -2.70. The topological polar surface area (TPSA) is 72.5 Å². The first-order valence-electron chi connectivity index (χ1n) is 5.85. The lowest BCUT2D eigenvalue weighted by Gasteiger charge is -2.04. The van der Waals surface area contributed by atoms with Crippen molar-refractivity contribution < 1.29 is 8.78 Å². The Morgan fingerprint density at radius 3 is 2.70 bits per heavy atom. The molecule has 0 bridgehead atoms. The summed E-state index contributed by atoms with van der Waals surface area (Å²) in [4.78, 5) is 0. The molecule has 0 aliphatic heterocycles. The predicted octanol–water partition coefficient (Wildman–Crippen LogP) is 2.34. The average molecular weight is 275 g/mol. The minimum atomic E-state index is -0.699. The molecule has 2 aromatic heterocycles. The van der Waals surface area contributed by atoms with Gasteiger partial charge in [-0.15, -0.1) is 0 Å². The smallest absolute Gasteiger partial charge is 0.153 e. The van der Waals surface area contributed by atoms with Crippen molar-refractivity contribution in [2.75, 3.05) is 5.73 Å². The van der Waals surface area contributed by atoms with Gasteiger partial charge in [0.05, 0.1) is 11.3 Å². The maximum Gasteiger partial charge on any atom is 0.153 e. The maximum absolute atomic E-state index is 13.9. The van der Waals surface area contributed by atoms with Gasteiger partial charge in [0.15, 0.2) is 5.82 Å². The molecule has 0 fully saturated rings. The molecule has 102 valence electrons. The van der Waals surface area contributed by atoms with Gasteiger partial charge < -0.3 is 5.73 Å². The molecule has 3 rings (SSSR count). The average Bonchev–Trinajstić information content (AvgIpc) is 2.96. The van der Waals surface area contributed by atoms with E-state index < -0.39 is 11.6 Å². The van der Waals surface area contributed by atoms with Gasteiger partial charge in [0.1, 0.15) is 17.3 Å². The van der Waals surface area contributed by atoms with Gasteiger partial charge in [0.2, 0.25) is 0 Å². The van der Waals surface area contributed by atoms with Crippen LogP contribution in [-0.4, -0.2) is 20.0 Å². The van der Waals surface area contributed by atoms with Crippen LogP contribution in [0.15, 0.2) is 30.5 Å². The molecule has 0 unspecified atom stereocenters. The van der Waals surface area contributed by atoms with Crippen LogP contribution in [0.5, 0.6) is 0 Å². The van der Waals surface area contributed by atoms with Crippen molar-refractivity contribution in [3.05, 3.63) is 42.1 Å². The Morgan fingerprint density at radius 2 is 2.05 bits per heavy atom. The van der Waals surface area contributed by atoms with Crippen molar-refractivity contribution in [2.24, 2.45) is 7.05 Å². The number of aryl methyl sites for hydroxylation is 1. The van der Waals surface area contributed by atoms with Gasteiger partial charge in [-0.3, -0.25) is 9.78 Å². The Labute approximate surface area is 113 Å². The van der Waals surface area contributed by atoms with E-state index in [-0.39, 0.29) is 11.4 Å². The molecule has 0 spiro atoms. The molecule has 0 amide bonds. The van der Waals surface area contributed by atoms with E-state index in [9.17, 15) is 8.78 Å². The van der Waals surface area contributed by atoms with E-state index in [1.807, 2.05) is 0 Å². The van der Waals surface area contributed by atoms with Gasteiger partial charge in [0, 0.05) is 24.9 Å². The summed E-state index contributed by atoms with van der Waals surface area (Å²) < 4.78 is 28.5. The summed E-state index contributed by atoms with van der Waals surface area (Å²) in [7, 11) is 1.77. The Bertz CT molecular complexity index is 775. The van der Waals surface area contributed by atoms with E-state index >= 15 is 0 Å². The highest BCUT2D eigenvalue weighted by molar-refractivity contribution is 5.86. The van der Waals surface area contributed by atoms with Gasteiger partial charge in [-0.2, -0.15) is 10.2 Å². The maximum atomic E-state index is 13.9. The fraction of sp³-hybridized carbons (Fsp3) is 0.0769. The molecular weight excluding hydrogens is 264 g/mol. The van der Waals surface area contributed by atoms with E-state index in [1.54, 1.807) is 24.0 Å². The number of hydrogen-bond donors (Lipinski definition) is 2. The van der Waals surface area contributed by atoms with Crippen LogP contribution in [0.4, 0.5) is 14.6 Å². The van der Waals surface area contributed by atoms with Crippen LogP contribution in [-0.2, 0) is 7.05 Å². The fourth-order valence-electron chi connectivity index (χ4n) is 2.05. The summed E-state index contributed by atoms with van der Waals surface area (Å²) >= 11 is 0. The number of nitrogens with zero attached hydrogens (tertiary/aromatic N) is 3. The van der Waals surface area contributed by atoms with Crippen molar-refractivity contribution in [3.8, 4) is 22.5 Å². The number of aromatic nitrogens is 4. The second-order valence-electron chi connectivity index (χ2n) is 4.36. The molecule has 3 aromatic rings. The molecular formula is C13H11F2N5. The zero-order chi connectivity index (χ0) is 14.3. The zero-order valence-electron chi connectivity index (χ0n) is 10.6. The number of benzene rings is 1. The second kappa shape index (κ2) is 4.44. The van der Waals surface area contributed by atoms with Crippen molar-refractivity contribution in [2.45, 2.75) is 0 Å². The molecule has 1 aromatic carbocycles. The highest BCUT2D eigenvalue weighted by Gasteiger charge is 2.19. The van der Waals surface area contributed by atoms with E-state index in [4.69, 9.17) is 5.73 Å². The number of nitrogen functional groups attached to an aromatic ring is 1. The fourth-order valence-corrected chi connectivity index (χ4v) is 2.05. The van der Waals surface area contributed by atoms with Crippen molar-refractivity contribution in [1.29, 1.82) is 0 Å². The van der Waals surface area contributed by atoms with Gasteiger partial charge in [-0.1, -0.05) is 0 Å². The molecule has 5 nitrogen and oxygen atoms in total. The van der Waals surface area contributed by atoms with E-state index in [0.29, 0.717) is 17.0 Å². The summed E-state index contributed by atoms with van der Waals surface area (Å²) in [6.45, 7) is 0. The summed E-state index contributed by atoms with van der Waals surface area (Å²) in [5, 5.41) is 10.8. The van der Waals surface area contributed by atoms with Crippen LogP contribution >= 0.6 is 0 Å². The lowest BCUT2D eigenvalue weighted by atomic mass is 10.0. The summed E-state index contributed by atoms with van der Waals surface area (Å²) in [6, 6.07) is 5.06. The highest BCUT2D eigenvalue weighted by atomic mass is 19.1. The number of aromatic amines is 1. The summed E-state index contributed by atoms with van der Waals surface area (Å²) in [6.07, 6.45) is 1.75. The van der Waals surface area contributed by atoms with E-state index in [0.717, 1.165) is 6.07 Å². The Morgan fingerprint density at radius 1 is 1.25 bits per heavy atom. The first-order chi connectivity index (χ1) is 9.56. The SMILES string of the molecule is Cn1ccc(-c2[nH]nc(N)c2-c2ccc(F)cc2F)n1. The van der Waals surface area contributed by atoms with Gasteiger partial charge in [-0.05, 0) is 18.2 Å². The van der Waals surface area contributed by atoms with E-state index in [1.165, 1.54) is 12.1 Å². The summed E-state index contributed by atoms with van der Waals surface area (Å²) in [5.41, 5.74) is 7.42. The number of nitrogens with two attached hydrogens (primary N) is 1. The lowest BCUT2D eigenvalue weighted by Crippen LogP contribution is -1.93. The molecule has 7 heteroatoms. The third kappa shape index (κ3) is 1.93. The Balaban J connectivity index is 2.21. The number of halogens is 2. The van der Waals surface area contributed by atoms with Crippen LogP contribution in [0.3, 0.4) is 0 Å². The highest BCUT2D eigenvalue weighted by Crippen LogP contribution is 2.35. The van der Waals surface area contributed by atoms with Crippen LogP contribution in [0, 0.1) is 11.6 Å². The standard InChI is InChI=1S/C13H11F2N5/c1-20-5-4-10(19-20)12-11(13(16)18-17-12)8-3-2-7(14)6-9(8)15/h2-6H,1H3,(H3,16,17,18). The third-order valence-corrected chi connectivity index (χ3v) is 2.96. The number of H-pyrrole nitrogens is 1. The minimum Gasteiger partial charge on any atom is -0.382 e. The number of anilines is 1. The number of nitrogens with one attached hydrogen (secondary N) is 1. The first-order valence-corrected chi connectivity index (χ1v) is 5.85. The molecule has 0 radical (unpaired) electrons. The normalized spacial score (nSPS) is 10.9. The van der Waals surface area contributed by atoms with Gasteiger partial charge in [-0.25, -0.2) is 8.78 Å². The van der Waals surface area contributed by atoms with Gasteiger partial charge in [0.25, 0.3) is 0 Å². The van der Waals surface area contributed by atoms with Crippen LogP contribution in [0.2, 0.25) is 0 Å². The lowest BCUT2D eigenvalue weighted by molar-refractivity contribution is 0.585. The minimum absolute atomic E-state index is 0.135. The third-order valence-electron chi connectivity index (χ3n) is 2.96. The number of rotatable bonds is 2. The molecule has 20 heavy (non-hydrogen) atoms. The molecule has 0 saturated heterocycles. The van der Waals surface area contributed by atoms with Gasteiger partial charge >= 0.3 is 0 Å². The predicted molar refractivity (Wildman–Crippen MR) is 70.6 cm³/mol. The second-order valence-corrected chi connectivity index (χ2v) is 4.36.